The number of halogens is 1. The topological polar surface area (TPSA) is 200 Å². The standard InChI is InChI=1S/C39H47FN10O4/c1-23-29(6-7-32(40)47-23)35(31(43)20-49(44)39-14-24(15-39)16-39)50(37(52)54-22-53-36(51)25-8-10-48(5)11-9-25)28-12-26(17-41)33-30(13-28)34(27(18-42)19-45-33)46-21-38(2,3)4/h6-7,12-13,19-20,24-25,35H,8-11,14-16,21-22,43-44H2,1-5H3,(H,45,46)/b31-20-/t24?,35-,39?/m0/s1. The van der Waals surface area contributed by atoms with E-state index < -0.39 is 30.8 Å². The van der Waals surface area contributed by atoms with E-state index in [-0.39, 0.29) is 45.1 Å². The molecule has 0 spiro atoms. The highest BCUT2D eigenvalue weighted by Gasteiger charge is 2.59. The van der Waals surface area contributed by atoms with Gasteiger partial charge in [-0.15, -0.1) is 0 Å². The van der Waals surface area contributed by atoms with Crippen LogP contribution in [0, 0.1) is 52.8 Å². The van der Waals surface area contributed by atoms with Crippen LogP contribution in [0.2, 0.25) is 0 Å². The summed E-state index contributed by atoms with van der Waals surface area (Å²) in [5, 5.41) is 25.8. The van der Waals surface area contributed by atoms with Crippen molar-refractivity contribution in [2.75, 3.05) is 43.7 Å². The van der Waals surface area contributed by atoms with E-state index >= 15 is 0 Å². The predicted octanol–water partition coefficient (Wildman–Crippen LogP) is 5.33. The number of nitrogens with zero attached hydrogens (tertiary/aromatic N) is 7. The van der Waals surface area contributed by atoms with Gasteiger partial charge in [-0.2, -0.15) is 14.9 Å². The molecule has 54 heavy (non-hydrogen) atoms. The monoisotopic (exact) mass is 738 g/mol. The van der Waals surface area contributed by atoms with E-state index in [0.29, 0.717) is 47.5 Å². The molecule has 14 nitrogen and oxygen atoms in total. The van der Waals surface area contributed by atoms with Crippen LogP contribution < -0.4 is 21.8 Å². The number of fused-ring (bicyclic) bond motifs is 1. The van der Waals surface area contributed by atoms with Crippen LogP contribution in [-0.2, 0) is 14.3 Å². The molecule has 2 bridgehead atoms. The lowest BCUT2D eigenvalue weighted by Gasteiger charge is -2.65. The third kappa shape index (κ3) is 7.74. The molecule has 3 heterocycles. The summed E-state index contributed by atoms with van der Waals surface area (Å²) in [5.41, 5.74) is 8.36. The van der Waals surface area contributed by atoms with E-state index in [9.17, 15) is 24.5 Å². The quantitative estimate of drug-likeness (QED) is 0.0750. The number of hydrazine groups is 1. The number of nitriles is 2. The lowest BCUT2D eigenvalue weighted by molar-refractivity contribution is -0.158. The molecule has 5 N–H and O–H groups in total. The van der Waals surface area contributed by atoms with Crippen LogP contribution in [-0.4, -0.2) is 71.0 Å². The van der Waals surface area contributed by atoms with Gasteiger partial charge >= 0.3 is 12.1 Å². The molecule has 4 fully saturated rings. The number of anilines is 2. The minimum absolute atomic E-state index is 0.0989. The first kappa shape index (κ1) is 38.2. The summed E-state index contributed by atoms with van der Waals surface area (Å²) in [7, 11) is 1.98. The zero-order valence-corrected chi connectivity index (χ0v) is 31.4. The molecular weight excluding hydrogens is 691 g/mol. The Morgan fingerprint density at radius 3 is 2.43 bits per heavy atom. The fraction of sp³-hybridized carbons (Fsp3) is 0.487. The highest BCUT2D eigenvalue weighted by Crippen LogP contribution is 2.60. The number of aromatic nitrogens is 2. The second-order valence-corrected chi connectivity index (χ2v) is 16.0. The number of ether oxygens (including phenoxy) is 2. The number of nitrogens with two attached hydrogens (primary N) is 2. The van der Waals surface area contributed by atoms with E-state index in [1.54, 1.807) is 24.2 Å². The maximum absolute atomic E-state index is 14.5. The number of carbonyl (C=O) groups is 2. The number of rotatable bonds is 11. The zero-order valence-electron chi connectivity index (χ0n) is 31.4. The molecule has 1 aliphatic heterocycles. The van der Waals surface area contributed by atoms with Gasteiger partial charge in [0.2, 0.25) is 12.7 Å². The third-order valence-electron chi connectivity index (χ3n) is 10.7. The van der Waals surface area contributed by atoms with E-state index in [4.69, 9.17) is 21.1 Å². The van der Waals surface area contributed by atoms with Gasteiger partial charge in [0.05, 0.1) is 45.2 Å². The van der Waals surface area contributed by atoms with E-state index in [1.165, 1.54) is 23.2 Å². The van der Waals surface area contributed by atoms with Crippen molar-refractivity contribution in [2.45, 2.75) is 71.4 Å². The SMILES string of the molecule is Cc1nc(F)ccc1[C@@H](/C(N)=C/N(N)C12CC(C1)C2)N(C(=O)OCOC(=O)C1CCN(C)CC1)c1cc(C#N)c2ncc(C#N)c(NCC(C)(C)C)c2c1. The molecular formula is C39H47FN10O4. The van der Waals surface area contributed by atoms with Crippen LogP contribution in [0.5, 0.6) is 0 Å². The number of amides is 1. The average Bonchev–Trinajstić information content (AvgIpc) is 3.07. The van der Waals surface area contributed by atoms with Crippen LogP contribution in [0.4, 0.5) is 20.6 Å². The van der Waals surface area contributed by atoms with Crippen molar-refractivity contribution < 1.29 is 23.5 Å². The summed E-state index contributed by atoms with van der Waals surface area (Å²) in [6.07, 6.45) is 5.96. The number of pyridine rings is 2. The van der Waals surface area contributed by atoms with Crippen molar-refractivity contribution in [3.05, 3.63) is 70.7 Å². The first-order valence-electron chi connectivity index (χ1n) is 18.1. The van der Waals surface area contributed by atoms with Crippen LogP contribution >= 0.6 is 0 Å². The molecule has 1 amide bonds. The Labute approximate surface area is 314 Å². The van der Waals surface area contributed by atoms with E-state index in [0.717, 1.165) is 38.4 Å². The predicted molar refractivity (Wildman–Crippen MR) is 199 cm³/mol. The van der Waals surface area contributed by atoms with Crippen molar-refractivity contribution >= 4 is 34.3 Å². The zero-order chi connectivity index (χ0) is 38.9. The first-order valence-corrected chi connectivity index (χ1v) is 18.1. The summed E-state index contributed by atoms with van der Waals surface area (Å²) in [5.74, 6) is 5.67. The minimum Gasteiger partial charge on any atom is -0.428 e. The van der Waals surface area contributed by atoms with Gasteiger partial charge in [-0.05, 0) is 88.7 Å². The number of likely N-dealkylation sites (tertiary alicyclic amines) is 1. The highest BCUT2D eigenvalue weighted by molar-refractivity contribution is 6.01. The largest absolute Gasteiger partial charge is 0.428 e. The Morgan fingerprint density at radius 2 is 1.83 bits per heavy atom. The Kier molecular flexibility index (Phi) is 10.7. The van der Waals surface area contributed by atoms with Gasteiger partial charge < -0.3 is 30.4 Å². The lowest BCUT2D eigenvalue weighted by Crippen LogP contribution is -2.68. The number of piperidine rings is 1. The summed E-state index contributed by atoms with van der Waals surface area (Å²) < 4.78 is 25.6. The molecule has 3 aromatic rings. The molecule has 7 rings (SSSR count). The number of nitrogens with one attached hydrogen (secondary N) is 1. The Bertz CT molecular complexity index is 2040. The Morgan fingerprint density at radius 1 is 1.15 bits per heavy atom. The second kappa shape index (κ2) is 15.1. The van der Waals surface area contributed by atoms with E-state index in [1.807, 2.05) is 27.8 Å². The smallest absolute Gasteiger partial charge is 0.418 e. The molecule has 15 heteroatoms. The summed E-state index contributed by atoms with van der Waals surface area (Å²) >= 11 is 0. The van der Waals surface area contributed by atoms with Crippen molar-refractivity contribution in [1.82, 2.24) is 19.9 Å². The van der Waals surface area contributed by atoms with Gasteiger partial charge in [-0.3, -0.25) is 14.7 Å². The average molecular weight is 739 g/mol. The molecule has 0 unspecified atom stereocenters. The van der Waals surface area contributed by atoms with Gasteiger partial charge in [-0.1, -0.05) is 26.8 Å². The van der Waals surface area contributed by atoms with Crippen molar-refractivity contribution in [1.29, 1.82) is 10.5 Å². The first-order chi connectivity index (χ1) is 25.6. The van der Waals surface area contributed by atoms with E-state index in [2.05, 4.69) is 32.3 Å². The number of esters is 1. The molecule has 3 aliphatic carbocycles. The van der Waals surface area contributed by atoms with Gasteiger partial charge in [0.1, 0.15) is 18.2 Å². The van der Waals surface area contributed by atoms with Crippen molar-refractivity contribution in [3.63, 3.8) is 0 Å². The molecule has 1 atom stereocenters. The Hall–Kier alpha value is -5.51. The normalized spacial score (nSPS) is 20.5. The number of hydrogen-bond acceptors (Lipinski definition) is 13. The summed E-state index contributed by atoms with van der Waals surface area (Å²) in [4.78, 5) is 39.3. The number of hydrogen-bond donors (Lipinski definition) is 3. The molecule has 4 aliphatic rings. The minimum atomic E-state index is -1.20. The molecule has 1 saturated heterocycles. The van der Waals surface area contributed by atoms with Crippen LogP contribution in [0.1, 0.15) is 81.3 Å². The molecule has 284 valence electrons. The molecule has 0 radical (unpaired) electrons. The van der Waals surface area contributed by atoms with Gasteiger partial charge in [0.15, 0.2) is 0 Å². The number of carbonyl (C=O) groups excluding carboxylic acids is 2. The summed E-state index contributed by atoms with van der Waals surface area (Å²) in [6.45, 7) is 8.94. The third-order valence-corrected chi connectivity index (χ3v) is 10.7. The maximum atomic E-state index is 14.5. The van der Waals surface area contributed by atoms with Crippen LogP contribution in [0.25, 0.3) is 10.9 Å². The van der Waals surface area contributed by atoms with Crippen molar-refractivity contribution in [2.24, 2.45) is 28.8 Å². The molecule has 3 saturated carbocycles. The fourth-order valence-electron chi connectivity index (χ4n) is 7.49. The van der Waals surface area contributed by atoms with Crippen LogP contribution in [0.15, 0.2) is 42.4 Å². The summed E-state index contributed by atoms with van der Waals surface area (Å²) in [6, 6.07) is 8.88. The fourth-order valence-corrected chi connectivity index (χ4v) is 7.49. The highest BCUT2D eigenvalue weighted by atomic mass is 19.1. The number of aryl methyl sites for hydroxylation is 1. The Balaban J connectivity index is 1.47. The maximum Gasteiger partial charge on any atom is 0.418 e. The lowest BCUT2D eigenvalue weighted by atomic mass is 9.49. The molecule has 1 aromatic carbocycles. The second-order valence-electron chi connectivity index (χ2n) is 16.0. The number of benzene rings is 1. The molecule has 2 aromatic heterocycles. The van der Waals surface area contributed by atoms with Gasteiger partial charge in [0, 0.05) is 35.6 Å². The van der Waals surface area contributed by atoms with Gasteiger partial charge in [0.25, 0.3) is 0 Å². The van der Waals surface area contributed by atoms with Crippen LogP contribution in [0.3, 0.4) is 0 Å². The van der Waals surface area contributed by atoms with Crippen molar-refractivity contribution in [3.8, 4) is 12.1 Å². The van der Waals surface area contributed by atoms with Gasteiger partial charge in [-0.25, -0.2) is 15.6 Å².